The number of halogens is 1. The normalized spacial score (nSPS) is 11.8. The fourth-order valence-corrected chi connectivity index (χ4v) is 2.66. The zero-order valence-electron chi connectivity index (χ0n) is 15.1. The maximum Gasteiger partial charge on any atom is 0.263 e. The van der Waals surface area contributed by atoms with Crippen LogP contribution in [0.15, 0.2) is 59.1 Å². The third-order valence-corrected chi connectivity index (χ3v) is 4.24. The molecule has 0 radical (unpaired) electrons. The van der Waals surface area contributed by atoms with E-state index < -0.39 is 6.10 Å². The van der Waals surface area contributed by atoms with Crippen molar-refractivity contribution in [2.45, 2.75) is 26.0 Å². The van der Waals surface area contributed by atoms with E-state index in [1.165, 1.54) is 4.90 Å². The molecule has 27 heavy (non-hydrogen) atoms. The molecular formula is C20H20ClN3O3. The monoisotopic (exact) mass is 385 g/mol. The lowest BCUT2D eigenvalue weighted by atomic mass is 10.2. The summed E-state index contributed by atoms with van der Waals surface area (Å²) in [5, 5.41) is 4.60. The van der Waals surface area contributed by atoms with Gasteiger partial charge in [0, 0.05) is 17.6 Å². The van der Waals surface area contributed by atoms with E-state index >= 15 is 0 Å². The topological polar surface area (TPSA) is 68.5 Å². The van der Waals surface area contributed by atoms with E-state index in [9.17, 15) is 4.79 Å². The Morgan fingerprint density at radius 3 is 2.56 bits per heavy atom. The Morgan fingerprint density at radius 1 is 1.19 bits per heavy atom. The molecule has 0 spiro atoms. The van der Waals surface area contributed by atoms with Crippen LogP contribution in [-0.2, 0) is 11.3 Å². The van der Waals surface area contributed by atoms with Crippen LogP contribution < -0.4 is 4.74 Å². The van der Waals surface area contributed by atoms with Gasteiger partial charge in [-0.25, -0.2) is 0 Å². The van der Waals surface area contributed by atoms with Crippen molar-refractivity contribution in [2.24, 2.45) is 0 Å². The van der Waals surface area contributed by atoms with Crippen molar-refractivity contribution in [3.8, 4) is 17.1 Å². The smallest absolute Gasteiger partial charge is 0.263 e. The zero-order chi connectivity index (χ0) is 19.2. The Morgan fingerprint density at radius 2 is 1.89 bits per heavy atom. The summed E-state index contributed by atoms with van der Waals surface area (Å²) in [6.07, 6.45) is -0.0196. The van der Waals surface area contributed by atoms with E-state index in [1.54, 1.807) is 19.2 Å². The van der Waals surface area contributed by atoms with E-state index in [2.05, 4.69) is 10.1 Å². The Hall–Kier alpha value is -2.86. The van der Waals surface area contributed by atoms with Crippen LogP contribution in [0.25, 0.3) is 11.4 Å². The Balaban J connectivity index is 1.64. The van der Waals surface area contributed by atoms with Gasteiger partial charge in [0.1, 0.15) is 5.75 Å². The maximum absolute atomic E-state index is 12.7. The number of amides is 1. The van der Waals surface area contributed by atoms with E-state index in [-0.39, 0.29) is 12.5 Å². The molecule has 0 bridgehead atoms. The van der Waals surface area contributed by atoms with Gasteiger partial charge in [-0.3, -0.25) is 4.79 Å². The number of likely N-dealkylation sites (N-methyl/N-ethyl adjacent to an activating group) is 1. The number of rotatable bonds is 7. The van der Waals surface area contributed by atoms with Crippen LogP contribution >= 0.6 is 11.6 Å². The summed E-state index contributed by atoms with van der Waals surface area (Å²) in [6, 6.07) is 16.4. The number of ether oxygens (including phenoxy) is 1. The largest absolute Gasteiger partial charge is 0.481 e. The number of carbonyl (C=O) groups excluding carboxylic acids is 1. The molecule has 2 aromatic carbocycles. The van der Waals surface area contributed by atoms with Crippen LogP contribution in [0.4, 0.5) is 0 Å². The summed E-state index contributed by atoms with van der Waals surface area (Å²) in [5.41, 5.74) is 0.794. The number of benzene rings is 2. The molecule has 0 aliphatic carbocycles. The number of carbonyl (C=O) groups is 1. The van der Waals surface area contributed by atoms with Gasteiger partial charge in [-0.05, 0) is 42.8 Å². The highest BCUT2D eigenvalue weighted by molar-refractivity contribution is 6.30. The zero-order valence-corrected chi connectivity index (χ0v) is 15.9. The first-order valence-electron chi connectivity index (χ1n) is 8.62. The molecule has 0 saturated heterocycles. The second-order valence-corrected chi connectivity index (χ2v) is 6.48. The van der Waals surface area contributed by atoms with Crippen molar-refractivity contribution in [3.05, 3.63) is 65.5 Å². The number of hydrogen-bond donors (Lipinski definition) is 0. The molecule has 1 atom stereocenters. The van der Waals surface area contributed by atoms with Crippen LogP contribution in [-0.4, -0.2) is 34.1 Å². The van der Waals surface area contributed by atoms with E-state index in [1.807, 2.05) is 49.4 Å². The minimum absolute atomic E-state index is 0.146. The second-order valence-electron chi connectivity index (χ2n) is 6.04. The second kappa shape index (κ2) is 8.68. The van der Waals surface area contributed by atoms with Crippen LogP contribution in [0.2, 0.25) is 5.02 Å². The fourth-order valence-electron chi connectivity index (χ4n) is 2.53. The van der Waals surface area contributed by atoms with Crippen molar-refractivity contribution in [3.63, 3.8) is 0 Å². The number of nitrogens with zero attached hydrogens (tertiary/aromatic N) is 3. The van der Waals surface area contributed by atoms with Gasteiger partial charge < -0.3 is 14.2 Å². The highest BCUT2D eigenvalue weighted by Crippen LogP contribution is 2.19. The minimum Gasteiger partial charge on any atom is -0.481 e. The maximum atomic E-state index is 12.7. The standard InChI is InChI=1S/C20H20ClN3O3/c1-3-17(26-16-7-5-4-6-8-16)20(25)24(2)13-18-22-19(23-27-18)14-9-11-15(21)12-10-14/h4-12,17H,3,13H2,1-2H3/t17-/m1/s1. The lowest BCUT2D eigenvalue weighted by molar-refractivity contribution is -0.138. The van der Waals surface area contributed by atoms with Gasteiger partial charge in [0.2, 0.25) is 11.7 Å². The molecule has 140 valence electrons. The summed E-state index contributed by atoms with van der Waals surface area (Å²) in [7, 11) is 1.69. The SMILES string of the molecule is CC[C@@H](Oc1ccccc1)C(=O)N(C)Cc1nc(-c2ccc(Cl)cc2)no1. The molecule has 0 unspecified atom stereocenters. The molecule has 3 aromatic rings. The van der Waals surface area contributed by atoms with Gasteiger partial charge in [-0.15, -0.1) is 0 Å². The summed E-state index contributed by atoms with van der Waals surface area (Å²) in [4.78, 5) is 18.6. The van der Waals surface area contributed by atoms with Crippen LogP contribution in [0.3, 0.4) is 0 Å². The third kappa shape index (κ3) is 4.86. The summed E-state index contributed by atoms with van der Waals surface area (Å²) in [5.74, 6) is 1.32. The highest BCUT2D eigenvalue weighted by atomic mass is 35.5. The molecule has 0 N–H and O–H groups in total. The molecule has 1 heterocycles. The first-order chi connectivity index (χ1) is 13.1. The van der Waals surface area contributed by atoms with Crippen molar-refractivity contribution < 1.29 is 14.1 Å². The Labute approximate surface area is 162 Å². The predicted molar refractivity (Wildman–Crippen MR) is 102 cm³/mol. The third-order valence-electron chi connectivity index (χ3n) is 3.99. The van der Waals surface area contributed by atoms with Crippen molar-refractivity contribution in [2.75, 3.05) is 7.05 Å². The molecule has 1 amide bonds. The first-order valence-corrected chi connectivity index (χ1v) is 9.00. The quantitative estimate of drug-likeness (QED) is 0.609. The number of aromatic nitrogens is 2. The van der Waals surface area contributed by atoms with Crippen LogP contribution in [0, 0.1) is 0 Å². The van der Waals surface area contributed by atoms with Gasteiger partial charge in [-0.2, -0.15) is 4.98 Å². The van der Waals surface area contributed by atoms with Gasteiger partial charge >= 0.3 is 0 Å². The van der Waals surface area contributed by atoms with Gasteiger partial charge in [0.25, 0.3) is 5.91 Å². The Kier molecular flexibility index (Phi) is 6.08. The Bertz CT molecular complexity index is 881. The van der Waals surface area contributed by atoms with E-state index in [4.69, 9.17) is 20.9 Å². The van der Waals surface area contributed by atoms with Crippen molar-refractivity contribution in [1.29, 1.82) is 0 Å². The molecule has 0 aliphatic rings. The molecule has 3 rings (SSSR count). The molecule has 1 aromatic heterocycles. The van der Waals surface area contributed by atoms with E-state index in [0.717, 1.165) is 5.56 Å². The number of hydrogen-bond acceptors (Lipinski definition) is 5. The van der Waals surface area contributed by atoms with Gasteiger partial charge in [0.05, 0.1) is 6.54 Å². The lowest BCUT2D eigenvalue weighted by Crippen LogP contribution is -2.39. The first kappa shape index (κ1) is 18.9. The molecule has 7 heteroatoms. The average molecular weight is 386 g/mol. The van der Waals surface area contributed by atoms with Gasteiger partial charge in [-0.1, -0.05) is 41.9 Å². The van der Waals surface area contributed by atoms with Crippen molar-refractivity contribution in [1.82, 2.24) is 15.0 Å². The summed E-state index contributed by atoms with van der Waals surface area (Å²) < 4.78 is 11.1. The van der Waals surface area contributed by atoms with E-state index in [0.29, 0.717) is 28.9 Å². The van der Waals surface area contributed by atoms with Crippen LogP contribution in [0.5, 0.6) is 5.75 Å². The molecule has 0 aliphatic heterocycles. The molecular weight excluding hydrogens is 366 g/mol. The summed E-state index contributed by atoms with van der Waals surface area (Å²) in [6.45, 7) is 2.11. The molecule has 6 nitrogen and oxygen atoms in total. The molecule has 0 saturated carbocycles. The minimum atomic E-state index is -0.573. The van der Waals surface area contributed by atoms with Crippen molar-refractivity contribution >= 4 is 17.5 Å². The fraction of sp³-hybridized carbons (Fsp3) is 0.250. The molecule has 0 fully saturated rings. The highest BCUT2D eigenvalue weighted by Gasteiger charge is 2.24. The average Bonchev–Trinajstić information content (AvgIpc) is 3.15. The predicted octanol–water partition coefficient (Wildman–Crippen LogP) is 4.21. The summed E-state index contributed by atoms with van der Waals surface area (Å²) >= 11 is 5.89. The lowest BCUT2D eigenvalue weighted by Gasteiger charge is -2.22. The van der Waals surface area contributed by atoms with Crippen LogP contribution in [0.1, 0.15) is 19.2 Å². The number of para-hydroxylation sites is 1. The van der Waals surface area contributed by atoms with Gasteiger partial charge in [0.15, 0.2) is 6.10 Å².